The van der Waals surface area contributed by atoms with Crippen molar-refractivity contribution in [3.05, 3.63) is 0 Å². The number of carbonyl (C=O) groups is 1. The molecular weight excluding hydrogens is 206 g/mol. The van der Waals surface area contributed by atoms with E-state index in [9.17, 15) is 9.90 Å². The second kappa shape index (κ2) is 2.42. The van der Waals surface area contributed by atoms with E-state index in [1.807, 2.05) is 6.92 Å². The third-order valence-electron chi connectivity index (χ3n) is 4.80. The van der Waals surface area contributed by atoms with Crippen LogP contribution in [0.15, 0.2) is 5.10 Å². The van der Waals surface area contributed by atoms with Crippen LogP contribution < -0.4 is 5.73 Å². The number of nitrogens with zero attached hydrogens (tertiary/aromatic N) is 2. The van der Waals surface area contributed by atoms with E-state index >= 15 is 0 Å². The van der Waals surface area contributed by atoms with Gasteiger partial charge in [-0.15, -0.1) is 0 Å². The summed E-state index contributed by atoms with van der Waals surface area (Å²) < 4.78 is 0. The first-order valence-electron chi connectivity index (χ1n) is 5.67. The van der Waals surface area contributed by atoms with Gasteiger partial charge in [-0.25, -0.2) is 4.79 Å². The van der Waals surface area contributed by atoms with Crippen molar-refractivity contribution in [3.8, 4) is 0 Å². The lowest BCUT2D eigenvalue weighted by atomic mass is 9.84. The van der Waals surface area contributed by atoms with Crippen molar-refractivity contribution >= 4 is 11.7 Å². The van der Waals surface area contributed by atoms with Crippen LogP contribution in [-0.4, -0.2) is 27.6 Å². The Balaban J connectivity index is 1.99. The fraction of sp³-hybridized carbons (Fsp3) is 0.818. The third-order valence-corrected chi connectivity index (χ3v) is 4.80. The number of hydrogen-bond acceptors (Lipinski definition) is 3. The first-order valence-corrected chi connectivity index (χ1v) is 5.67. The minimum absolute atomic E-state index is 0.0278. The zero-order valence-electron chi connectivity index (χ0n) is 9.77. The molecule has 3 aliphatic rings. The van der Waals surface area contributed by atoms with Crippen LogP contribution in [0.3, 0.4) is 0 Å². The van der Waals surface area contributed by atoms with Crippen LogP contribution in [0.1, 0.15) is 27.2 Å². The molecule has 0 radical (unpaired) electrons. The Morgan fingerprint density at radius 1 is 1.62 bits per heavy atom. The van der Waals surface area contributed by atoms with Crippen LogP contribution >= 0.6 is 0 Å². The molecular formula is C11H17N3O2. The van der Waals surface area contributed by atoms with Crippen LogP contribution in [-0.2, 0) is 0 Å². The first kappa shape index (κ1) is 10.1. The van der Waals surface area contributed by atoms with E-state index in [0.29, 0.717) is 18.3 Å². The molecule has 3 rings (SSSR count). The van der Waals surface area contributed by atoms with Gasteiger partial charge < -0.3 is 10.8 Å². The Kier molecular flexibility index (Phi) is 1.53. The van der Waals surface area contributed by atoms with Crippen LogP contribution in [0.2, 0.25) is 0 Å². The summed E-state index contributed by atoms with van der Waals surface area (Å²) in [6, 6.07) is -0.663. The second-order valence-corrected chi connectivity index (χ2v) is 5.91. The van der Waals surface area contributed by atoms with E-state index in [1.54, 1.807) is 0 Å². The second-order valence-electron chi connectivity index (χ2n) is 5.91. The van der Waals surface area contributed by atoms with Crippen molar-refractivity contribution < 1.29 is 9.90 Å². The van der Waals surface area contributed by atoms with Crippen molar-refractivity contribution in [1.82, 2.24) is 5.01 Å². The number of hydrazone groups is 1. The average Bonchev–Trinajstić information content (AvgIpc) is 2.51. The zero-order valence-corrected chi connectivity index (χ0v) is 9.77. The van der Waals surface area contributed by atoms with Gasteiger partial charge in [-0.3, -0.25) is 0 Å². The molecule has 0 aromatic carbocycles. The Bertz CT molecular complexity index is 417. The number of fused-ring (bicyclic) bond motifs is 3. The molecule has 0 saturated heterocycles. The maximum Gasteiger partial charge on any atom is 0.337 e. The zero-order chi connectivity index (χ0) is 11.9. The molecule has 5 heteroatoms. The summed E-state index contributed by atoms with van der Waals surface area (Å²) in [7, 11) is 0. The maximum absolute atomic E-state index is 11.3. The van der Waals surface area contributed by atoms with Crippen LogP contribution in [0.5, 0.6) is 0 Å². The molecule has 2 saturated carbocycles. The summed E-state index contributed by atoms with van der Waals surface area (Å²) in [4.78, 5) is 11.3. The van der Waals surface area contributed by atoms with E-state index in [2.05, 4.69) is 18.9 Å². The number of primary amides is 1. The highest BCUT2D eigenvalue weighted by atomic mass is 16.3. The molecule has 0 spiro atoms. The molecule has 2 amide bonds. The maximum atomic E-state index is 11.3. The Labute approximate surface area is 94.3 Å². The molecule has 2 fully saturated rings. The monoisotopic (exact) mass is 223 g/mol. The van der Waals surface area contributed by atoms with Gasteiger partial charge in [0.1, 0.15) is 0 Å². The molecule has 0 aromatic rings. The van der Waals surface area contributed by atoms with Crippen molar-refractivity contribution in [2.75, 3.05) is 0 Å². The van der Waals surface area contributed by atoms with E-state index in [4.69, 9.17) is 5.73 Å². The highest BCUT2D eigenvalue weighted by molar-refractivity contribution is 5.91. The molecule has 5 nitrogen and oxygen atoms in total. The standard InChI is InChI=1S/C11H17N3O2/c1-5-7-8-6(10(8,2)3)4-11(7,16)14(13-5)9(12)15/h6-8,16H,4H2,1-3H3,(H2,12,15)/t6-,7-,8+,11-/m1/s1. The average molecular weight is 223 g/mol. The summed E-state index contributed by atoms with van der Waals surface area (Å²) in [6.07, 6.45) is 0.596. The van der Waals surface area contributed by atoms with Gasteiger partial charge in [0.25, 0.3) is 0 Å². The number of nitrogens with two attached hydrogens (primary N) is 1. The number of urea groups is 1. The summed E-state index contributed by atoms with van der Waals surface area (Å²) in [5.41, 5.74) is 5.19. The fourth-order valence-electron chi connectivity index (χ4n) is 3.94. The Morgan fingerprint density at radius 2 is 2.25 bits per heavy atom. The summed E-state index contributed by atoms with van der Waals surface area (Å²) in [5, 5.41) is 15.8. The number of amides is 2. The quantitative estimate of drug-likeness (QED) is 0.635. The van der Waals surface area contributed by atoms with Gasteiger partial charge in [0.15, 0.2) is 5.72 Å². The van der Waals surface area contributed by atoms with Crippen molar-refractivity contribution in [3.63, 3.8) is 0 Å². The van der Waals surface area contributed by atoms with Gasteiger partial charge in [-0.05, 0) is 24.2 Å². The van der Waals surface area contributed by atoms with Gasteiger partial charge in [-0.2, -0.15) is 10.1 Å². The molecule has 1 heterocycles. The molecule has 0 aromatic heterocycles. The highest BCUT2D eigenvalue weighted by Crippen LogP contribution is 2.73. The molecule has 4 atom stereocenters. The van der Waals surface area contributed by atoms with Crippen molar-refractivity contribution in [2.45, 2.75) is 32.9 Å². The highest BCUT2D eigenvalue weighted by Gasteiger charge is 2.75. The van der Waals surface area contributed by atoms with Crippen LogP contribution in [0.4, 0.5) is 4.79 Å². The fourth-order valence-corrected chi connectivity index (χ4v) is 3.94. The number of hydrogen-bond donors (Lipinski definition) is 2. The number of carbonyl (C=O) groups excluding carboxylic acids is 1. The normalized spacial score (nSPS) is 47.4. The lowest BCUT2D eigenvalue weighted by Gasteiger charge is -2.34. The lowest BCUT2D eigenvalue weighted by molar-refractivity contribution is -0.0944. The largest absolute Gasteiger partial charge is 0.368 e. The molecule has 3 N–H and O–H groups in total. The molecule has 0 bridgehead atoms. The van der Waals surface area contributed by atoms with Gasteiger partial charge in [-0.1, -0.05) is 13.8 Å². The third kappa shape index (κ3) is 0.867. The Morgan fingerprint density at radius 3 is 2.81 bits per heavy atom. The van der Waals surface area contributed by atoms with E-state index in [0.717, 1.165) is 10.7 Å². The van der Waals surface area contributed by atoms with Gasteiger partial charge in [0, 0.05) is 12.1 Å². The minimum atomic E-state index is -1.15. The van der Waals surface area contributed by atoms with Crippen LogP contribution in [0.25, 0.3) is 0 Å². The SMILES string of the molecule is CC1=NN(C(N)=O)[C@@]2(O)C[C@@H]3[C@@H]([C@@H]12)C3(C)C. The molecule has 0 unspecified atom stereocenters. The first-order chi connectivity index (χ1) is 7.30. The predicted octanol–water partition coefficient (Wildman–Crippen LogP) is 0.737. The minimum Gasteiger partial charge on any atom is -0.368 e. The lowest BCUT2D eigenvalue weighted by Crippen LogP contribution is -2.52. The summed E-state index contributed by atoms with van der Waals surface area (Å²) >= 11 is 0. The van der Waals surface area contributed by atoms with E-state index < -0.39 is 11.8 Å². The van der Waals surface area contributed by atoms with Gasteiger partial charge in [0.05, 0.1) is 5.92 Å². The summed E-state index contributed by atoms with van der Waals surface area (Å²) in [5.74, 6) is 0.889. The number of aliphatic hydroxyl groups is 1. The molecule has 1 aliphatic heterocycles. The van der Waals surface area contributed by atoms with Gasteiger partial charge in [0.2, 0.25) is 0 Å². The van der Waals surface area contributed by atoms with Crippen molar-refractivity contribution in [1.29, 1.82) is 0 Å². The molecule has 16 heavy (non-hydrogen) atoms. The van der Waals surface area contributed by atoms with E-state index in [1.165, 1.54) is 0 Å². The smallest absolute Gasteiger partial charge is 0.337 e. The van der Waals surface area contributed by atoms with Gasteiger partial charge >= 0.3 is 6.03 Å². The number of rotatable bonds is 0. The predicted molar refractivity (Wildman–Crippen MR) is 58.3 cm³/mol. The summed E-state index contributed by atoms with van der Waals surface area (Å²) in [6.45, 7) is 6.29. The topological polar surface area (TPSA) is 78.9 Å². The Hall–Kier alpha value is -1.10. The van der Waals surface area contributed by atoms with Crippen LogP contribution in [0, 0.1) is 23.2 Å². The van der Waals surface area contributed by atoms with Crippen molar-refractivity contribution in [2.24, 2.45) is 34.0 Å². The van der Waals surface area contributed by atoms with E-state index in [-0.39, 0.29) is 11.3 Å². The molecule has 2 aliphatic carbocycles. The molecule has 88 valence electrons.